The molecule has 0 aliphatic carbocycles. The fourth-order valence-corrected chi connectivity index (χ4v) is 2.98. The molecule has 2 aromatic carbocycles. The van der Waals surface area contributed by atoms with Crippen LogP contribution in [0.25, 0.3) is 6.08 Å². The summed E-state index contributed by atoms with van der Waals surface area (Å²) in [5.41, 5.74) is 3.40. The first kappa shape index (κ1) is 22.3. The summed E-state index contributed by atoms with van der Waals surface area (Å²) >= 11 is 0. The summed E-state index contributed by atoms with van der Waals surface area (Å²) in [6.45, 7) is 4.68. The van der Waals surface area contributed by atoms with Crippen molar-refractivity contribution in [1.29, 1.82) is 0 Å². The first-order valence-corrected chi connectivity index (χ1v) is 10.5. The average Bonchev–Trinajstić information content (AvgIpc) is 2.68. The topological polar surface area (TPSA) is 102 Å². The van der Waals surface area contributed by atoms with Crippen molar-refractivity contribution >= 4 is 33.7 Å². The van der Waals surface area contributed by atoms with Crippen LogP contribution < -0.4 is 10.0 Å². The lowest BCUT2D eigenvalue weighted by atomic mass is 10.2. The van der Waals surface area contributed by atoms with Gasteiger partial charge in [0.25, 0.3) is 5.91 Å². The van der Waals surface area contributed by atoms with E-state index >= 15 is 0 Å². The number of esters is 1. The molecule has 2 rings (SSSR count). The van der Waals surface area contributed by atoms with E-state index in [-0.39, 0.29) is 0 Å². The largest absolute Gasteiger partial charge is 0.452 e. The number of carbonyl (C=O) groups excluding carboxylic acids is 2. The maximum Gasteiger partial charge on any atom is 0.321 e. The van der Waals surface area contributed by atoms with Crippen molar-refractivity contribution < 1.29 is 22.7 Å². The third-order valence-corrected chi connectivity index (χ3v) is 4.97. The molecule has 1 unspecified atom stereocenters. The van der Waals surface area contributed by atoms with Crippen LogP contribution in [0.15, 0.2) is 53.9 Å². The molecule has 0 aliphatic heterocycles. The standard InChI is InChI=1S/C21H24N2O5S/c1-15-4-8-18(9-5-15)12-13-29(26,27)22-14-20(24)28-17(3)21(25)23-19-10-6-16(2)7-11-19/h4-13,17,22H,14H2,1-3H3,(H,23,25)/b13-12+. The Morgan fingerprint density at radius 3 is 2.14 bits per heavy atom. The zero-order valence-electron chi connectivity index (χ0n) is 16.5. The van der Waals surface area contributed by atoms with Crippen LogP contribution in [0, 0.1) is 13.8 Å². The van der Waals surface area contributed by atoms with E-state index in [1.807, 2.05) is 38.1 Å². The number of benzene rings is 2. The third-order valence-electron chi connectivity index (χ3n) is 3.93. The highest BCUT2D eigenvalue weighted by atomic mass is 32.2. The average molecular weight is 416 g/mol. The molecule has 2 N–H and O–H groups in total. The number of carbonyl (C=O) groups is 2. The van der Waals surface area contributed by atoms with Crippen molar-refractivity contribution in [3.8, 4) is 0 Å². The predicted octanol–water partition coefficient (Wildman–Crippen LogP) is 2.76. The van der Waals surface area contributed by atoms with Gasteiger partial charge in [-0.05, 0) is 44.5 Å². The summed E-state index contributed by atoms with van der Waals surface area (Å²) < 4.78 is 31.1. The highest BCUT2D eigenvalue weighted by molar-refractivity contribution is 7.92. The Labute approximate surface area is 170 Å². The summed E-state index contributed by atoms with van der Waals surface area (Å²) in [5.74, 6) is -1.37. The number of amides is 1. The lowest BCUT2D eigenvalue weighted by Crippen LogP contribution is -2.35. The molecule has 0 spiro atoms. The minimum absolute atomic E-state index is 0.510. The second-order valence-corrected chi connectivity index (χ2v) is 8.22. The molecule has 0 bridgehead atoms. The molecule has 0 saturated heterocycles. The fourth-order valence-electron chi connectivity index (χ4n) is 2.23. The molecule has 0 heterocycles. The van der Waals surface area contributed by atoms with Crippen LogP contribution in [0.4, 0.5) is 5.69 Å². The van der Waals surface area contributed by atoms with Gasteiger partial charge < -0.3 is 10.1 Å². The van der Waals surface area contributed by atoms with E-state index in [0.717, 1.165) is 16.5 Å². The molecule has 0 fully saturated rings. The van der Waals surface area contributed by atoms with Gasteiger partial charge in [0.15, 0.2) is 6.10 Å². The van der Waals surface area contributed by atoms with Crippen LogP contribution in [0.5, 0.6) is 0 Å². The molecule has 1 atom stereocenters. The summed E-state index contributed by atoms with van der Waals surface area (Å²) in [7, 11) is -3.83. The van der Waals surface area contributed by atoms with Crippen LogP contribution in [-0.4, -0.2) is 32.9 Å². The maximum atomic E-state index is 12.1. The van der Waals surface area contributed by atoms with Gasteiger partial charge in [0.1, 0.15) is 6.54 Å². The van der Waals surface area contributed by atoms with Crippen molar-refractivity contribution in [1.82, 2.24) is 4.72 Å². The van der Waals surface area contributed by atoms with Gasteiger partial charge in [-0.2, -0.15) is 0 Å². The number of anilines is 1. The number of aryl methyl sites for hydroxylation is 2. The van der Waals surface area contributed by atoms with E-state index in [0.29, 0.717) is 11.3 Å². The van der Waals surface area contributed by atoms with Crippen molar-refractivity contribution in [2.24, 2.45) is 0 Å². The van der Waals surface area contributed by atoms with E-state index < -0.39 is 34.5 Å². The zero-order chi connectivity index (χ0) is 21.4. The quantitative estimate of drug-likeness (QED) is 0.645. The molecule has 0 radical (unpaired) electrons. The number of ether oxygens (including phenoxy) is 1. The third kappa shape index (κ3) is 7.89. The summed E-state index contributed by atoms with van der Waals surface area (Å²) in [5, 5.41) is 3.59. The molecule has 0 aromatic heterocycles. The summed E-state index contributed by atoms with van der Waals surface area (Å²) in [6, 6.07) is 14.4. The normalized spacial score (nSPS) is 12.5. The molecule has 1 amide bonds. The SMILES string of the molecule is Cc1ccc(/C=C/S(=O)(=O)NCC(=O)OC(C)C(=O)Nc2ccc(C)cc2)cc1. The monoisotopic (exact) mass is 416 g/mol. The number of sulfonamides is 1. The molecule has 0 saturated carbocycles. The van der Waals surface area contributed by atoms with Gasteiger partial charge >= 0.3 is 5.97 Å². The van der Waals surface area contributed by atoms with Gasteiger partial charge in [-0.1, -0.05) is 47.5 Å². The van der Waals surface area contributed by atoms with Crippen molar-refractivity contribution in [2.75, 3.05) is 11.9 Å². The van der Waals surface area contributed by atoms with Crippen molar-refractivity contribution in [3.63, 3.8) is 0 Å². The summed E-state index contributed by atoms with van der Waals surface area (Å²) in [6.07, 6.45) is 0.349. The Bertz CT molecular complexity index is 981. The van der Waals surface area contributed by atoms with E-state index in [2.05, 4.69) is 10.0 Å². The van der Waals surface area contributed by atoms with Gasteiger partial charge in [-0.25, -0.2) is 13.1 Å². The molecule has 8 heteroatoms. The van der Waals surface area contributed by atoms with Crippen LogP contribution >= 0.6 is 0 Å². The maximum absolute atomic E-state index is 12.1. The predicted molar refractivity (Wildman–Crippen MR) is 112 cm³/mol. The van der Waals surface area contributed by atoms with Crippen LogP contribution in [-0.2, 0) is 24.3 Å². The van der Waals surface area contributed by atoms with Crippen molar-refractivity contribution in [2.45, 2.75) is 26.9 Å². The highest BCUT2D eigenvalue weighted by Crippen LogP contribution is 2.10. The smallest absolute Gasteiger partial charge is 0.321 e. The lowest BCUT2D eigenvalue weighted by molar-refractivity contribution is -0.151. The van der Waals surface area contributed by atoms with Crippen LogP contribution in [0.1, 0.15) is 23.6 Å². The van der Waals surface area contributed by atoms with Gasteiger partial charge in [-0.15, -0.1) is 0 Å². The Morgan fingerprint density at radius 1 is 1.00 bits per heavy atom. The zero-order valence-corrected chi connectivity index (χ0v) is 17.3. The first-order valence-electron chi connectivity index (χ1n) is 8.96. The number of nitrogens with one attached hydrogen (secondary N) is 2. The molecule has 0 aliphatic rings. The van der Waals surface area contributed by atoms with Gasteiger partial charge in [0, 0.05) is 11.1 Å². The molecular weight excluding hydrogens is 392 g/mol. The highest BCUT2D eigenvalue weighted by Gasteiger charge is 2.19. The number of hydrogen-bond acceptors (Lipinski definition) is 5. The van der Waals surface area contributed by atoms with E-state index in [1.54, 1.807) is 24.3 Å². The second kappa shape index (κ2) is 9.99. The van der Waals surface area contributed by atoms with E-state index in [9.17, 15) is 18.0 Å². The van der Waals surface area contributed by atoms with E-state index in [1.165, 1.54) is 13.0 Å². The fraction of sp³-hybridized carbons (Fsp3) is 0.238. The van der Waals surface area contributed by atoms with Gasteiger partial charge in [0.2, 0.25) is 10.0 Å². The number of rotatable bonds is 8. The lowest BCUT2D eigenvalue weighted by Gasteiger charge is -2.13. The molecular formula is C21H24N2O5S. The number of hydrogen-bond donors (Lipinski definition) is 2. The van der Waals surface area contributed by atoms with Crippen LogP contribution in [0.2, 0.25) is 0 Å². The molecule has 29 heavy (non-hydrogen) atoms. The second-order valence-electron chi connectivity index (χ2n) is 6.57. The molecule has 154 valence electrons. The molecule has 2 aromatic rings. The Balaban J connectivity index is 1.82. The van der Waals surface area contributed by atoms with Crippen molar-refractivity contribution in [3.05, 3.63) is 70.6 Å². The van der Waals surface area contributed by atoms with E-state index in [4.69, 9.17) is 4.74 Å². The Hall–Kier alpha value is -2.97. The molecule has 7 nitrogen and oxygen atoms in total. The minimum atomic E-state index is -3.83. The van der Waals surface area contributed by atoms with Crippen LogP contribution in [0.3, 0.4) is 0 Å². The first-order chi connectivity index (χ1) is 13.6. The Morgan fingerprint density at radius 2 is 1.55 bits per heavy atom. The van der Waals surface area contributed by atoms with Gasteiger partial charge in [-0.3, -0.25) is 9.59 Å². The van der Waals surface area contributed by atoms with Gasteiger partial charge in [0.05, 0.1) is 0 Å². The minimum Gasteiger partial charge on any atom is -0.452 e. The summed E-state index contributed by atoms with van der Waals surface area (Å²) in [4.78, 5) is 23.9. The Kier molecular flexibility index (Phi) is 7.69.